The van der Waals surface area contributed by atoms with Gasteiger partial charge in [0, 0.05) is 37.3 Å². The summed E-state index contributed by atoms with van der Waals surface area (Å²) in [7, 11) is 5.67. The molecule has 9 heteroatoms. The minimum atomic E-state index is 0.231. The van der Waals surface area contributed by atoms with Gasteiger partial charge in [0.15, 0.2) is 22.5 Å². The minimum Gasteiger partial charge on any atom is -0.497 e. The molecule has 0 radical (unpaired) electrons. The summed E-state index contributed by atoms with van der Waals surface area (Å²) in [5.41, 5.74) is 9.93. The summed E-state index contributed by atoms with van der Waals surface area (Å²) in [6, 6.07) is 14.0. The van der Waals surface area contributed by atoms with Crippen LogP contribution in [0.25, 0.3) is 11.0 Å². The van der Waals surface area contributed by atoms with Gasteiger partial charge in [-0.15, -0.1) is 0 Å². The molecule has 2 N–H and O–H groups in total. The van der Waals surface area contributed by atoms with Crippen LogP contribution in [0, 0.1) is 0 Å². The van der Waals surface area contributed by atoms with Crippen LogP contribution in [0.1, 0.15) is 5.56 Å². The number of aromatic nitrogens is 3. The number of pyridine rings is 1. The van der Waals surface area contributed by atoms with E-state index in [1.54, 1.807) is 25.1 Å². The van der Waals surface area contributed by atoms with E-state index in [2.05, 4.69) is 26.6 Å². The number of imidazole rings is 1. The summed E-state index contributed by atoms with van der Waals surface area (Å²) in [6.45, 7) is 0.864. The molecule has 5 rings (SSSR count). The molecule has 4 aromatic rings. The first kappa shape index (κ1) is 20.3. The van der Waals surface area contributed by atoms with Crippen LogP contribution in [0.5, 0.6) is 17.2 Å². The topological polar surface area (TPSA) is 87.7 Å². The number of nitrogens with zero attached hydrogens (tertiary/aromatic N) is 4. The second-order valence-corrected chi connectivity index (χ2v) is 8.57. The van der Waals surface area contributed by atoms with Crippen molar-refractivity contribution < 1.29 is 14.2 Å². The summed E-state index contributed by atoms with van der Waals surface area (Å²) in [5, 5.41) is 0.817. The maximum atomic E-state index is 6.16. The van der Waals surface area contributed by atoms with Crippen molar-refractivity contribution in [1.29, 1.82) is 0 Å². The maximum Gasteiger partial charge on any atom is 0.231 e. The van der Waals surface area contributed by atoms with Crippen LogP contribution in [0.4, 0.5) is 11.5 Å². The molecule has 1 aliphatic rings. The van der Waals surface area contributed by atoms with Crippen LogP contribution in [0.3, 0.4) is 0 Å². The molecule has 32 heavy (non-hydrogen) atoms. The fourth-order valence-electron chi connectivity index (χ4n) is 3.64. The number of fused-ring (bicyclic) bond motifs is 2. The van der Waals surface area contributed by atoms with Crippen molar-refractivity contribution in [1.82, 2.24) is 14.5 Å². The first-order chi connectivity index (χ1) is 15.5. The number of nitrogen functional groups attached to an aromatic ring is 1. The SMILES string of the molecule is COc1ccc(Cn2c(Sc3cc4c(cc3N(C)C)OCO4)nc3c(N)nccc32)cc1. The van der Waals surface area contributed by atoms with Crippen molar-refractivity contribution in [3.05, 3.63) is 54.2 Å². The van der Waals surface area contributed by atoms with E-state index < -0.39 is 0 Å². The minimum absolute atomic E-state index is 0.231. The highest BCUT2D eigenvalue weighted by Gasteiger charge is 2.22. The first-order valence-electron chi connectivity index (χ1n) is 10.1. The van der Waals surface area contributed by atoms with E-state index in [1.165, 1.54) is 0 Å². The van der Waals surface area contributed by atoms with Gasteiger partial charge in [0.25, 0.3) is 0 Å². The average molecular weight is 450 g/mol. The fourth-order valence-corrected chi connectivity index (χ4v) is 4.76. The Morgan fingerprint density at radius 3 is 2.59 bits per heavy atom. The maximum absolute atomic E-state index is 6.16. The number of hydrogen-bond acceptors (Lipinski definition) is 8. The van der Waals surface area contributed by atoms with Gasteiger partial charge in [-0.25, -0.2) is 9.97 Å². The Hall–Kier alpha value is -3.59. The Morgan fingerprint density at radius 1 is 1.12 bits per heavy atom. The molecule has 0 amide bonds. The van der Waals surface area contributed by atoms with Crippen molar-refractivity contribution in [3.8, 4) is 17.2 Å². The molecule has 8 nitrogen and oxygen atoms in total. The average Bonchev–Trinajstić information content (AvgIpc) is 3.39. The van der Waals surface area contributed by atoms with Crippen LogP contribution in [0.2, 0.25) is 0 Å². The van der Waals surface area contributed by atoms with Gasteiger partial charge >= 0.3 is 0 Å². The molecule has 0 fully saturated rings. The van der Waals surface area contributed by atoms with Crippen LogP contribution >= 0.6 is 11.8 Å². The Balaban J connectivity index is 1.60. The molecule has 0 atom stereocenters. The van der Waals surface area contributed by atoms with Gasteiger partial charge in [-0.1, -0.05) is 12.1 Å². The third kappa shape index (κ3) is 3.64. The normalized spacial score (nSPS) is 12.3. The number of ether oxygens (including phenoxy) is 3. The Kier molecular flexibility index (Phi) is 5.18. The number of benzene rings is 2. The molecule has 0 saturated heterocycles. The number of hydrogen-bond donors (Lipinski definition) is 1. The second kappa shape index (κ2) is 8.16. The lowest BCUT2D eigenvalue weighted by molar-refractivity contribution is 0.174. The monoisotopic (exact) mass is 449 g/mol. The standard InChI is InChI=1S/C23H23N5O3S/c1-27(2)17-10-18-19(31-13-30-18)11-20(17)32-23-26-21-16(8-9-25-22(21)24)28(23)12-14-4-6-15(29-3)7-5-14/h4-11H,12-13H2,1-3H3,(H2,24,25). The van der Waals surface area contributed by atoms with E-state index >= 15 is 0 Å². The Morgan fingerprint density at radius 2 is 1.88 bits per heavy atom. The molecule has 164 valence electrons. The quantitative estimate of drug-likeness (QED) is 0.472. The van der Waals surface area contributed by atoms with E-state index in [4.69, 9.17) is 24.9 Å². The van der Waals surface area contributed by atoms with Gasteiger partial charge in [-0.05, 0) is 35.5 Å². The van der Waals surface area contributed by atoms with Crippen molar-refractivity contribution in [2.45, 2.75) is 16.6 Å². The molecule has 3 heterocycles. The fraction of sp³-hybridized carbons (Fsp3) is 0.217. The van der Waals surface area contributed by atoms with Gasteiger partial charge in [0.1, 0.15) is 11.3 Å². The molecule has 0 spiro atoms. The molecule has 2 aromatic heterocycles. The zero-order valence-corrected chi connectivity index (χ0v) is 18.8. The predicted molar refractivity (Wildman–Crippen MR) is 125 cm³/mol. The summed E-state index contributed by atoms with van der Waals surface area (Å²) >= 11 is 1.56. The smallest absolute Gasteiger partial charge is 0.231 e. The van der Waals surface area contributed by atoms with Crippen molar-refractivity contribution in [2.24, 2.45) is 0 Å². The number of anilines is 2. The number of methoxy groups -OCH3 is 1. The lowest BCUT2D eigenvalue weighted by Crippen LogP contribution is -2.10. The number of rotatable bonds is 6. The van der Waals surface area contributed by atoms with E-state index in [0.29, 0.717) is 17.9 Å². The molecule has 0 bridgehead atoms. The van der Waals surface area contributed by atoms with Crippen molar-refractivity contribution >= 4 is 34.3 Å². The molecular formula is C23H23N5O3S. The van der Waals surface area contributed by atoms with Gasteiger partial charge < -0.3 is 29.4 Å². The van der Waals surface area contributed by atoms with Gasteiger partial charge in [-0.3, -0.25) is 0 Å². The van der Waals surface area contributed by atoms with Gasteiger partial charge in [0.2, 0.25) is 6.79 Å². The summed E-state index contributed by atoms with van der Waals surface area (Å²) in [5.74, 6) is 2.72. The van der Waals surface area contributed by atoms with E-state index in [0.717, 1.165) is 44.1 Å². The van der Waals surface area contributed by atoms with Gasteiger partial charge in [-0.2, -0.15) is 0 Å². The molecule has 0 saturated carbocycles. The third-order valence-corrected chi connectivity index (χ3v) is 6.34. The van der Waals surface area contributed by atoms with Crippen molar-refractivity contribution in [3.63, 3.8) is 0 Å². The molecule has 0 unspecified atom stereocenters. The Labute approximate surface area is 189 Å². The molecular weight excluding hydrogens is 426 g/mol. The van der Waals surface area contributed by atoms with Crippen LogP contribution in [-0.4, -0.2) is 42.5 Å². The van der Waals surface area contributed by atoms with E-state index in [1.807, 2.05) is 44.4 Å². The summed E-state index contributed by atoms with van der Waals surface area (Å²) in [6.07, 6.45) is 1.71. The van der Waals surface area contributed by atoms with E-state index in [9.17, 15) is 0 Å². The molecule has 1 aliphatic heterocycles. The van der Waals surface area contributed by atoms with Crippen LogP contribution < -0.4 is 24.8 Å². The van der Waals surface area contributed by atoms with Crippen molar-refractivity contribution in [2.75, 3.05) is 38.6 Å². The van der Waals surface area contributed by atoms with Crippen LogP contribution in [-0.2, 0) is 6.54 Å². The first-order valence-corrected chi connectivity index (χ1v) is 10.9. The van der Waals surface area contributed by atoms with Gasteiger partial charge in [0.05, 0.1) is 24.9 Å². The highest BCUT2D eigenvalue weighted by Crippen LogP contribution is 2.44. The predicted octanol–water partition coefficient (Wildman–Crippen LogP) is 4.02. The molecule has 0 aliphatic carbocycles. The molecule has 2 aromatic carbocycles. The lowest BCUT2D eigenvalue weighted by Gasteiger charge is -2.18. The summed E-state index contributed by atoms with van der Waals surface area (Å²) in [4.78, 5) is 12.1. The second-order valence-electron chi connectivity index (χ2n) is 7.56. The largest absolute Gasteiger partial charge is 0.497 e. The zero-order valence-electron chi connectivity index (χ0n) is 18.0. The summed E-state index contributed by atoms with van der Waals surface area (Å²) < 4.78 is 18.6. The van der Waals surface area contributed by atoms with Crippen LogP contribution in [0.15, 0.2) is 58.7 Å². The highest BCUT2D eigenvalue weighted by molar-refractivity contribution is 7.99. The lowest BCUT2D eigenvalue weighted by atomic mass is 10.2. The Bertz CT molecular complexity index is 1290. The van der Waals surface area contributed by atoms with E-state index in [-0.39, 0.29) is 6.79 Å². The highest BCUT2D eigenvalue weighted by atomic mass is 32.2. The zero-order chi connectivity index (χ0) is 22.2. The number of nitrogens with two attached hydrogens (primary N) is 1. The third-order valence-electron chi connectivity index (χ3n) is 5.30.